The van der Waals surface area contributed by atoms with Crippen LogP contribution in [0.25, 0.3) is 84.6 Å². The number of hydrogen-bond acceptors (Lipinski definition) is 6. The van der Waals surface area contributed by atoms with Crippen molar-refractivity contribution in [3.63, 3.8) is 0 Å². The molecule has 0 aliphatic carbocycles. The zero-order valence-corrected chi connectivity index (χ0v) is 41.6. The molecule has 0 radical (unpaired) electrons. The van der Waals surface area contributed by atoms with E-state index in [2.05, 4.69) is 114 Å². The van der Waals surface area contributed by atoms with Crippen molar-refractivity contribution in [3.05, 3.63) is 145 Å². The summed E-state index contributed by atoms with van der Waals surface area (Å²) < 4.78 is 4.19. The SMILES string of the molecule is CC(C)(C)c1cc(-c2cc(-c3[c-]c(-c4cccc5[se]c(-c6ccccc6O)nc45)cc(C(C)(C)C)c3)ncn2)[c-]c(-c2cccc3[se]c(-c4ccccc4O)nc23)c1.[Pt].[Pt]. The van der Waals surface area contributed by atoms with E-state index >= 15 is 0 Å². The van der Waals surface area contributed by atoms with Crippen molar-refractivity contribution in [2.24, 2.45) is 0 Å². The van der Waals surface area contributed by atoms with Crippen LogP contribution in [0, 0.1) is 12.1 Å². The first-order valence-electron chi connectivity index (χ1n) is 19.2. The first kappa shape index (κ1) is 43.8. The number of hydrogen-bond donors (Lipinski definition) is 2. The summed E-state index contributed by atoms with van der Waals surface area (Å²) in [4.78, 5) is 19.9. The van der Waals surface area contributed by atoms with Crippen molar-refractivity contribution >= 4 is 48.6 Å². The van der Waals surface area contributed by atoms with E-state index in [0.717, 1.165) is 87.2 Å². The van der Waals surface area contributed by atoms with Crippen LogP contribution >= 0.6 is 0 Å². The molecule has 3 aromatic heterocycles. The van der Waals surface area contributed by atoms with Gasteiger partial charge in [-0.2, -0.15) is 0 Å². The fourth-order valence-electron chi connectivity index (χ4n) is 7.10. The smallest absolute Gasteiger partial charge is 0 e. The van der Waals surface area contributed by atoms with Crippen molar-refractivity contribution in [2.75, 3.05) is 0 Å². The van der Waals surface area contributed by atoms with Crippen LogP contribution in [0.5, 0.6) is 11.5 Å². The van der Waals surface area contributed by atoms with E-state index in [1.807, 2.05) is 42.5 Å². The van der Waals surface area contributed by atoms with Gasteiger partial charge in [-0.05, 0) is 0 Å². The van der Waals surface area contributed by atoms with E-state index in [1.165, 1.54) is 8.52 Å². The second kappa shape index (κ2) is 17.3. The van der Waals surface area contributed by atoms with E-state index in [0.29, 0.717) is 0 Å². The summed E-state index contributed by atoms with van der Waals surface area (Å²) in [6.07, 6.45) is 1.64. The Morgan fingerprint density at radius 1 is 0.467 bits per heavy atom. The molecule has 0 amide bonds. The molecule has 9 rings (SSSR count). The summed E-state index contributed by atoms with van der Waals surface area (Å²) in [5, 5.41) is 21.3. The first-order valence-corrected chi connectivity index (χ1v) is 22.6. The number of aromatic nitrogens is 4. The van der Waals surface area contributed by atoms with E-state index in [1.54, 1.807) is 18.5 Å². The summed E-state index contributed by atoms with van der Waals surface area (Å²) in [5.74, 6) is 0.497. The van der Waals surface area contributed by atoms with Crippen molar-refractivity contribution in [2.45, 2.75) is 52.4 Å². The Morgan fingerprint density at radius 3 is 1.25 bits per heavy atom. The zero-order chi connectivity index (χ0) is 40.3. The molecule has 306 valence electrons. The Bertz CT molecular complexity index is 2830. The molecule has 10 heteroatoms. The third-order valence-corrected chi connectivity index (χ3v) is 14.8. The normalized spacial score (nSPS) is 11.7. The minimum Gasteiger partial charge on any atom is 0 e. The Kier molecular flexibility index (Phi) is 12.6. The van der Waals surface area contributed by atoms with E-state index in [4.69, 9.17) is 19.9 Å². The third-order valence-electron chi connectivity index (χ3n) is 10.4. The third kappa shape index (κ3) is 8.62. The van der Waals surface area contributed by atoms with Crippen LogP contribution in [-0.4, -0.2) is 59.2 Å². The summed E-state index contributed by atoms with van der Waals surface area (Å²) in [7, 11) is 0. The summed E-state index contributed by atoms with van der Waals surface area (Å²) >= 11 is -0.0965. The van der Waals surface area contributed by atoms with Crippen LogP contribution in [0.1, 0.15) is 52.7 Å². The van der Waals surface area contributed by atoms with Gasteiger partial charge in [-0.25, -0.2) is 0 Å². The van der Waals surface area contributed by atoms with Gasteiger partial charge in [-0.15, -0.1) is 0 Å². The van der Waals surface area contributed by atoms with Gasteiger partial charge >= 0.3 is 352 Å². The van der Waals surface area contributed by atoms with Gasteiger partial charge in [-0.1, -0.05) is 0 Å². The maximum absolute atomic E-state index is 10.6. The first-order chi connectivity index (χ1) is 27.8. The van der Waals surface area contributed by atoms with Crippen LogP contribution < -0.4 is 0 Å². The van der Waals surface area contributed by atoms with Crippen LogP contribution in [0.2, 0.25) is 0 Å². The quantitative estimate of drug-likeness (QED) is 0.127. The largest absolute Gasteiger partial charge is 0 e. The molecule has 0 unspecified atom stereocenters. The van der Waals surface area contributed by atoms with Crippen LogP contribution in [0.4, 0.5) is 0 Å². The maximum Gasteiger partial charge on any atom is 0 e. The van der Waals surface area contributed by atoms with Crippen molar-refractivity contribution in [1.29, 1.82) is 0 Å². The van der Waals surface area contributed by atoms with Crippen LogP contribution in [0.3, 0.4) is 0 Å². The van der Waals surface area contributed by atoms with Gasteiger partial charge < -0.3 is 0 Å². The summed E-state index contributed by atoms with van der Waals surface area (Å²) in [6.45, 7) is 13.3. The molecule has 0 spiro atoms. The molecule has 6 aromatic carbocycles. The molecule has 2 N–H and O–H groups in total. The number of rotatable bonds is 6. The van der Waals surface area contributed by atoms with Crippen LogP contribution in [0.15, 0.2) is 122 Å². The predicted octanol–water partition coefficient (Wildman–Crippen LogP) is 11.3. The molecular weight excluding hydrogens is 1240 g/mol. The minimum absolute atomic E-state index is 0. The fourth-order valence-corrected chi connectivity index (χ4v) is 11.4. The second-order valence-electron chi connectivity index (χ2n) is 16.6. The molecule has 0 bridgehead atoms. The Balaban J connectivity index is 0.00000272. The monoisotopic (exact) mass is 1280 g/mol. The number of phenolic OH excluding ortho intramolecular Hbond substituents is 2. The number of nitrogens with zero attached hydrogens (tertiary/aromatic N) is 4. The Labute approximate surface area is 391 Å². The second-order valence-corrected chi connectivity index (χ2v) is 20.9. The summed E-state index contributed by atoms with van der Waals surface area (Å²) in [5.41, 5.74) is 12.6. The fraction of sp³-hybridized carbons (Fsp3) is 0.160. The number of para-hydroxylation sites is 4. The van der Waals surface area contributed by atoms with Crippen molar-refractivity contribution in [3.8, 4) is 76.5 Å². The molecule has 60 heavy (non-hydrogen) atoms. The Hall–Kier alpha value is -4.24. The van der Waals surface area contributed by atoms with Gasteiger partial charge in [0.15, 0.2) is 0 Å². The standard InChI is InChI=1S/C50H40N4O2Se2.2Pt/c1-49(2,3)33-23-29(35-15-11-19-43-45(35)53-47(57-43)37-13-7-9-17-41(37)55)21-31(25-33)39-27-40(52-28-51-39)32-22-30(24-34(26-32)50(4,5)6)36-16-12-20-44-46(36)54-48(58-44)38-14-8-10-18-42(38)56;;/h7-20,23-28,55-56H,1-6H3;;/q-2;;. The van der Waals surface area contributed by atoms with E-state index in [9.17, 15) is 10.2 Å². The number of fused-ring (bicyclic) bond motifs is 2. The average Bonchev–Trinajstić information content (AvgIpc) is 3.85. The van der Waals surface area contributed by atoms with Crippen molar-refractivity contribution < 1.29 is 52.3 Å². The number of benzene rings is 6. The molecule has 9 aromatic rings. The summed E-state index contributed by atoms with van der Waals surface area (Å²) in [6, 6.07) is 45.9. The van der Waals surface area contributed by atoms with Gasteiger partial charge in [0.1, 0.15) is 0 Å². The zero-order valence-electron chi connectivity index (χ0n) is 33.7. The van der Waals surface area contributed by atoms with E-state index < -0.39 is 0 Å². The van der Waals surface area contributed by atoms with Gasteiger partial charge in [0, 0.05) is 42.1 Å². The average molecular weight is 1280 g/mol. The topological polar surface area (TPSA) is 92.0 Å². The van der Waals surface area contributed by atoms with Gasteiger partial charge in [0.05, 0.1) is 0 Å². The molecule has 0 aliphatic heterocycles. The molecule has 0 aliphatic rings. The Morgan fingerprint density at radius 2 is 0.850 bits per heavy atom. The van der Waals surface area contributed by atoms with Crippen LogP contribution in [-0.2, 0) is 53.0 Å². The number of phenols is 2. The maximum atomic E-state index is 10.6. The van der Waals surface area contributed by atoms with Crippen molar-refractivity contribution in [1.82, 2.24) is 19.9 Å². The minimum atomic E-state index is -0.150. The molecule has 0 fully saturated rings. The van der Waals surface area contributed by atoms with Gasteiger partial charge in [0.2, 0.25) is 0 Å². The molecule has 0 saturated carbocycles. The van der Waals surface area contributed by atoms with E-state index in [-0.39, 0.29) is 93.5 Å². The molecule has 0 saturated heterocycles. The van der Waals surface area contributed by atoms with Gasteiger partial charge in [-0.3, -0.25) is 0 Å². The molecule has 3 heterocycles. The molecular formula is C50H40N4O2Pt2Se2-2. The molecule has 6 nitrogen and oxygen atoms in total. The predicted molar refractivity (Wildman–Crippen MR) is 238 cm³/mol. The molecule has 0 atom stereocenters. The number of aromatic hydroxyl groups is 2. The van der Waals surface area contributed by atoms with Gasteiger partial charge in [0.25, 0.3) is 0 Å².